The summed E-state index contributed by atoms with van der Waals surface area (Å²) in [5.41, 5.74) is 1.97. The van der Waals surface area contributed by atoms with Gasteiger partial charge in [-0.25, -0.2) is 4.99 Å². The normalized spacial score (nSPS) is 25.6. The second-order valence-electron chi connectivity index (χ2n) is 5.28. The van der Waals surface area contributed by atoms with Crippen molar-refractivity contribution >= 4 is 23.2 Å². The quantitative estimate of drug-likeness (QED) is 0.862. The van der Waals surface area contributed by atoms with Crippen molar-refractivity contribution in [3.8, 4) is 6.07 Å². The first-order valence-corrected chi connectivity index (χ1v) is 7.04. The highest BCUT2D eigenvalue weighted by Crippen LogP contribution is 2.31. The minimum Gasteiger partial charge on any atom is -0.387 e. The van der Waals surface area contributed by atoms with Gasteiger partial charge in [0.05, 0.1) is 28.4 Å². The van der Waals surface area contributed by atoms with E-state index in [9.17, 15) is 5.11 Å². The van der Waals surface area contributed by atoms with Crippen LogP contribution in [0.3, 0.4) is 0 Å². The first kappa shape index (κ1) is 13.9. The summed E-state index contributed by atoms with van der Waals surface area (Å²) in [5.74, 6) is 0.775. The van der Waals surface area contributed by atoms with Gasteiger partial charge in [0.15, 0.2) is 0 Å². The average molecular weight is 303 g/mol. The summed E-state index contributed by atoms with van der Waals surface area (Å²) < 4.78 is 0. The van der Waals surface area contributed by atoms with Crippen LogP contribution in [0.2, 0.25) is 5.02 Å². The third kappa shape index (κ3) is 2.17. The number of aliphatic imine (C=N–C) groups is 1. The molecular weight excluding hydrogens is 288 g/mol. The van der Waals surface area contributed by atoms with Crippen LogP contribution in [0.15, 0.2) is 29.4 Å². The molecule has 108 valence electrons. The van der Waals surface area contributed by atoms with Crippen LogP contribution < -0.4 is 0 Å². The lowest BCUT2D eigenvalue weighted by Gasteiger charge is -2.18. The van der Waals surface area contributed by atoms with Crippen LogP contribution in [-0.2, 0) is 0 Å². The molecule has 0 bridgehead atoms. The molecule has 0 aromatic heterocycles. The molecule has 0 amide bonds. The third-order valence-corrected chi connectivity index (χ3v) is 4.41. The largest absolute Gasteiger partial charge is 0.387 e. The van der Waals surface area contributed by atoms with Gasteiger partial charge in [0.2, 0.25) is 5.96 Å². The zero-order valence-electron chi connectivity index (χ0n) is 11.8. The third-order valence-electron chi connectivity index (χ3n) is 3.93. The van der Waals surface area contributed by atoms with Crippen molar-refractivity contribution in [1.29, 1.82) is 5.26 Å². The summed E-state index contributed by atoms with van der Waals surface area (Å²) in [7, 11) is 1.94. The van der Waals surface area contributed by atoms with E-state index in [0.717, 1.165) is 23.8 Å². The molecule has 2 atom stereocenters. The second kappa shape index (κ2) is 5.06. The van der Waals surface area contributed by atoms with Crippen LogP contribution in [0.25, 0.3) is 0 Å². The van der Waals surface area contributed by atoms with E-state index >= 15 is 0 Å². The maximum Gasteiger partial charge on any atom is 0.206 e. The topological polar surface area (TPSA) is 62.9 Å². The molecule has 0 spiro atoms. The minimum absolute atomic E-state index is 0.0166. The lowest BCUT2D eigenvalue weighted by Crippen LogP contribution is -2.32. The molecule has 1 aromatic rings. The van der Waals surface area contributed by atoms with E-state index in [1.807, 2.05) is 30.0 Å². The number of hydrogen-bond acceptors (Lipinski definition) is 3. The Labute approximate surface area is 128 Å². The number of hydrogen-bond donors (Lipinski definition) is 1. The number of halogens is 1. The molecule has 0 aliphatic carbocycles. The Morgan fingerprint density at radius 2 is 2.24 bits per heavy atom. The number of aliphatic hydroxyl groups is 1. The van der Waals surface area contributed by atoms with Crippen LogP contribution in [0.5, 0.6) is 0 Å². The van der Waals surface area contributed by atoms with Gasteiger partial charge in [-0.15, -0.1) is 0 Å². The number of likely N-dealkylation sites (N-methyl/N-ethyl adjacent to an activating group) is 1. The zero-order chi connectivity index (χ0) is 15.1. The summed E-state index contributed by atoms with van der Waals surface area (Å²) in [4.78, 5) is 8.64. The van der Waals surface area contributed by atoms with Gasteiger partial charge < -0.3 is 14.9 Å². The first-order valence-electron chi connectivity index (χ1n) is 6.66. The molecule has 0 unspecified atom stereocenters. The lowest BCUT2D eigenvalue weighted by atomic mass is 10.1. The van der Waals surface area contributed by atoms with Gasteiger partial charge in [-0.3, -0.25) is 0 Å². The molecule has 5 nitrogen and oxygen atoms in total. The van der Waals surface area contributed by atoms with Crippen molar-refractivity contribution < 1.29 is 5.11 Å². The monoisotopic (exact) mass is 302 g/mol. The molecule has 2 heterocycles. The Bertz CT molecular complexity index is 692. The van der Waals surface area contributed by atoms with Gasteiger partial charge in [-0.1, -0.05) is 11.6 Å². The standard InChI is InChI=1S/C15H15ClN4O/c1-9-11(4-3-10(7-17)14(9)16)18-15-19(2)8-12-13(21)5-6-20(12)15/h3-6,12-13,21H,8H2,1-2H3/b18-15-/t12-,13-/m1/s1. The Morgan fingerprint density at radius 3 is 2.95 bits per heavy atom. The van der Waals surface area contributed by atoms with E-state index in [-0.39, 0.29) is 6.04 Å². The fourth-order valence-corrected chi connectivity index (χ4v) is 2.89. The molecule has 2 aliphatic rings. The van der Waals surface area contributed by atoms with E-state index in [0.29, 0.717) is 10.6 Å². The molecule has 1 fully saturated rings. The fourth-order valence-electron chi connectivity index (χ4n) is 2.69. The van der Waals surface area contributed by atoms with Crippen molar-refractivity contribution in [2.24, 2.45) is 4.99 Å². The zero-order valence-corrected chi connectivity index (χ0v) is 12.5. The van der Waals surface area contributed by atoms with Crippen molar-refractivity contribution in [3.05, 3.63) is 40.6 Å². The number of nitriles is 1. The van der Waals surface area contributed by atoms with Crippen molar-refractivity contribution in [1.82, 2.24) is 9.80 Å². The highest BCUT2D eigenvalue weighted by molar-refractivity contribution is 6.32. The molecule has 21 heavy (non-hydrogen) atoms. The average Bonchev–Trinajstić information content (AvgIpc) is 2.96. The maximum atomic E-state index is 9.90. The minimum atomic E-state index is -0.467. The van der Waals surface area contributed by atoms with Gasteiger partial charge in [-0.2, -0.15) is 5.26 Å². The number of rotatable bonds is 1. The Morgan fingerprint density at radius 1 is 1.48 bits per heavy atom. The first-order chi connectivity index (χ1) is 10.0. The molecule has 0 saturated carbocycles. The second-order valence-corrected chi connectivity index (χ2v) is 5.66. The van der Waals surface area contributed by atoms with Crippen molar-refractivity contribution in [3.63, 3.8) is 0 Å². The van der Waals surface area contributed by atoms with Crippen molar-refractivity contribution in [2.45, 2.75) is 19.1 Å². The number of nitrogens with zero attached hydrogens (tertiary/aromatic N) is 4. The molecule has 1 N–H and O–H groups in total. The van der Waals surface area contributed by atoms with Gasteiger partial charge in [0, 0.05) is 19.8 Å². The highest BCUT2D eigenvalue weighted by Gasteiger charge is 2.39. The van der Waals surface area contributed by atoms with Crippen LogP contribution in [0, 0.1) is 18.3 Å². The Kier molecular flexibility index (Phi) is 3.36. The van der Waals surface area contributed by atoms with E-state index in [1.165, 1.54) is 0 Å². The maximum absolute atomic E-state index is 9.90. The van der Waals surface area contributed by atoms with Gasteiger partial charge in [0.25, 0.3) is 0 Å². The lowest BCUT2D eigenvalue weighted by molar-refractivity contribution is 0.168. The smallest absolute Gasteiger partial charge is 0.206 e. The highest BCUT2D eigenvalue weighted by atomic mass is 35.5. The number of benzene rings is 1. The molecule has 1 saturated heterocycles. The van der Waals surface area contributed by atoms with E-state index in [4.69, 9.17) is 16.9 Å². The van der Waals surface area contributed by atoms with Crippen molar-refractivity contribution in [2.75, 3.05) is 13.6 Å². The summed E-state index contributed by atoms with van der Waals surface area (Å²) in [6.07, 6.45) is 3.16. The molecule has 6 heteroatoms. The van der Waals surface area contributed by atoms with E-state index < -0.39 is 6.10 Å². The Hall–Kier alpha value is -2.03. The number of guanidine groups is 1. The molecular formula is C15H15ClN4O. The number of fused-ring (bicyclic) bond motifs is 1. The summed E-state index contributed by atoms with van der Waals surface area (Å²) >= 11 is 6.18. The SMILES string of the molecule is Cc1c(/N=C2/N(C)C[C@@H]3[C@H](O)C=CN23)ccc(C#N)c1Cl. The van der Waals surface area contributed by atoms with E-state index in [2.05, 4.69) is 11.1 Å². The summed E-state index contributed by atoms with van der Waals surface area (Å²) in [5, 5.41) is 19.3. The van der Waals surface area contributed by atoms with Gasteiger partial charge in [0.1, 0.15) is 6.07 Å². The van der Waals surface area contributed by atoms with Crippen LogP contribution in [0.4, 0.5) is 5.69 Å². The van der Waals surface area contributed by atoms with Crippen LogP contribution in [0.1, 0.15) is 11.1 Å². The number of aliphatic hydroxyl groups excluding tert-OH is 1. The summed E-state index contributed by atoms with van der Waals surface area (Å²) in [6, 6.07) is 5.55. The van der Waals surface area contributed by atoms with Gasteiger partial charge >= 0.3 is 0 Å². The predicted octanol–water partition coefficient (Wildman–Crippen LogP) is 2.01. The molecule has 2 aliphatic heterocycles. The fraction of sp³-hybridized carbons (Fsp3) is 0.333. The molecule has 0 radical (unpaired) electrons. The summed E-state index contributed by atoms with van der Waals surface area (Å²) in [6.45, 7) is 2.57. The predicted molar refractivity (Wildman–Crippen MR) is 81.4 cm³/mol. The van der Waals surface area contributed by atoms with Gasteiger partial charge in [-0.05, 0) is 30.7 Å². The van der Waals surface area contributed by atoms with E-state index in [1.54, 1.807) is 18.2 Å². The van der Waals surface area contributed by atoms with Crippen LogP contribution in [-0.4, -0.2) is 46.6 Å². The Balaban J connectivity index is 2.01. The van der Waals surface area contributed by atoms with Crippen LogP contribution >= 0.6 is 11.6 Å². The molecule has 1 aromatic carbocycles. The molecule has 3 rings (SSSR count).